The Morgan fingerprint density at radius 2 is 1.68 bits per heavy atom. The number of thioether (sulfide) groups is 1. The van der Waals surface area contributed by atoms with Gasteiger partial charge in [-0.2, -0.15) is 13.2 Å². The third-order valence-electron chi connectivity index (χ3n) is 3.22. The van der Waals surface area contributed by atoms with Crippen molar-refractivity contribution in [2.45, 2.75) is 16.4 Å². The van der Waals surface area contributed by atoms with Crippen molar-refractivity contribution in [2.24, 2.45) is 0 Å². The van der Waals surface area contributed by atoms with Gasteiger partial charge in [0.25, 0.3) is 0 Å². The highest BCUT2D eigenvalue weighted by Crippen LogP contribution is 2.37. The van der Waals surface area contributed by atoms with E-state index in [1.165, 1.54) is 12.1 Å². The molecular formula is C14H19Cl2F3N2S. The average Bonchev–Trinajstić information content (AvgIpc) is 2.41. The van der Waals surface area contributed by atoms with E-state index >= 15 is 0 Å². The molecule has 0 aliphatic carbocycles. The zero-order valence-corrected chi connectivity index (χ0v) is 14.3. The number of hydrogen-bond donors (Lipinski definition) is 1. The molecule has 1 fully saturated rings. The fourth-order valence-electron chi connectivity index (χ4n) is 2.32. The summed E-state index contributed by atoms with van der Waals surface area (Å²) in [7, 11) is 0. The Bertz CT molecular complexity index is 448. The van der Waals surface area contributed by atoms with E-state index in [1.807, 2.05) is 6.08 Å². The summed E-state index contributed by atoms with van der Waals surface area (Å²) in [4.78, 5) is 2.49. The third kappa shape index (κ3) is 6.38. The largest absolute Gasteiger partial charge is 0.446 e. The van der Waals surface area contributed by atoms with Crippen LogP contribution in [0.15, 0.2) is 41.8 Å². The minimum absolute atomic E-state index is 0. The summed E-state index contributed by atoms with van der Waals surface area (Å²) in [6, 6.07) is 6.60. The molecule has 22 heavy (non-hydrogen) atoms. The molecule has 1 aromatic carbocycles. The summed E-state index contributed by atoms with van der Waals surface area (Å²) in [6.45, 7) is 7.52. The quantitative estimate of drug-likeness (QED) is 0.625. The lowest BCUT2D eigenvalue weighted by atomic mass is 10.0. The molecule has 1 aliphatic heterocycles. The van der Waals surface area contributed by atoms with Gasteiger partial charge in [-0.1, -0.05) is 18.2 Å². The molecule has 1 heterocycles. The van der Waals surface area contributed by atoms with Crippen LogP contribution in [0, 0.1) is 0 Å². The molecule has 0 spiro atoms. The zero-order chi connectivity index (χ0) is 14.6. The van der Waals surface area contributed by atoms with Crippen LogP contribution < -0.4 is 5.32 Å². The Morgan fingerprint density at radius 1 is 1.14 bits per heavy atom. The SMILES string of the molecule is C=C[C@@H](c1ccc(SC(F)(F)F)cc1)N1CCNCC1.Cl.Cl. The average molecular weight is 375 g/mol. The summed E-state index contributed by atoms with van der Waals surface area (Å²) in [6.07, 6.45) is 1.84. The van der Waals surface area contributed by atoms with Crippen molar-refractivity contribution in [1.82, 2.24) is 10.2 Å². The molecule has 1 saturated heterocycles. The Morgan fingerprint density at radius 3 is 2.14 bits per heavy atom. The molecule has 2 rings (SSSR count). The Labute approximate surface area is 145 Å². The van der Waals surface area contributed by atoms with E-state index in [1.54, 1.807) is 12.1 Å². The molecule has 2 nitrogen and oxygen atoms in total. The Balaban J connectivity index is 0.00000220. The van der Waals surface area contributed by atoms with Crippen LogP contribution in [0.1, 0.15) is 11.6 Å². The van der Waals surface area contributed by atoms with Gasteiger partial charge in [-0.15, -0.1) is 31.4 Å². The van der Waals surface area contributed by atoms with Crippen molar-refractivity contribution in [3.05, 3.63) is 42.5 Å². The molecule has 126 valence electrons. The van der Waals surface area contributed by atoms with Crippen LogP contribution in [0.4, 0.5) is 13.2 Å². The number of rotatable bonds is 4. The van der Waals surface area contributed by atoms with Crippen molar-refractivity contribution in [2.75, 3.05) is 26.2 Å². The van der Waals surface area contributed by atoms with Crippen LogP contribution in [0.3, 0.4) is 0 Å². The first-order valence-electron chi connectivity index (χ1n) is 6.42. The molecule has 0 saturated carbocycles. The predicted molar refractivity (Wildman–Crippen MR) is 90.2 cm³/mol. The first-order valence-corrected chi connectivity index (χ1v) is 7.24. The van der Waals surface area contributed by atoms with Crippen LogP contribution >= 0.6 is 36.6 Å². The monoisotopic (exact) mass is 374 g/mol. The van der Waals surface area contributed by atoms with Gasteiger partial charge in [-0.05, 0) is 29.5 Å². The Hall–Kier alpha value is -0.400. The molecule has 1 atom stereocenters. The first-order chi connectivity index (χ1) is 9.49. The first kappa shape index (κ1) is 21.6. The molecule has 1 aromatic rings. The number of nitrogens with zero attached hydrogens (tertiary/aromatic N) is 1. The third-order valence-corrected chi connectivity index (χ3v) is 3.96. The van der Waals surface area contributed by atoms with E-state index in [0.717, 1.165) is 31.7 Å². The van der Waals surface area contributed by atoms with Gasteiger partial charge in [0.15, 0.2) is 0 Å². The molecule has 8 heteroatoms. The lowest BCUT2D eigenvalue weighted by Crippen LogP contribution is -2.44. The maximum Gasteiger partial charge on any atom is 0.446 e. The molecule has 0 bridgehead atoms. The molecule has 0 aromatic heterocycles. The van der Waals surface area contributed by atoms with E-state index in [9.17, 15) is 13.2 Å². The molecule has 0 radical (unpaired) electrons. The number of piperazine rings is 1. The van der Waals surface area contributed by atoms with Crippen LogP contribution in [-0.2, 0) is 0 Å². The highest BCUT2D eigenvalue weighted by atomic mass is 35.5. The molecule has 1 aliphatic rings. The smallest absolute Gasteiger partial charge is 0.314 e. The molecule has 0 unspecified atom stereocenters. The minimum Gasteiger partial charge on any atom is -0.314 e. The van der Waals surface area contributed by atoms with E-state index in [2.05, 4.69) is 16.8 Å². The van der Waals surface area contributed by atoms with Gasteiger partial charge in [-0.3, -0.25) is 4.90 Å². The number of alkyl halides is 3. The van der Waals surface area contributed by atoms with E-state index in [-0.39, 0.29) is 47.5 Å². The maximum absolute atomic E-state index is 12.3. The van der Waals surface area contributed by atoms with Gasteiger partial charge < -0.3 is 5.32 Å². The second-order valence-electron chi connectivity index (χ2n) is 4.58. The van der Waals surface area contributed by atoms with Gasteiger partial charge in [0.2, 0.25) is 0 Å². The Kier molecular flexibility index (Phi) is 9.50. The van der Waals surface area contributed by atoms with E-state index in [4.69, 9.17) is 0 Å². The lowest BCUT2D eigenvalue weighted by molar-refractivity contribution is -0.0328. The number of nitrogens with one attached hydrogen (secondary N) is 1. The van der Waals surface area contributed by atoms with Crippen LogP contribution in [-0.4, -0.2) is 36.6 Å². The van der Waals surface area contributed by atoms with Crippen molar-refractivity contribution in [1.29, 1.82) is 0 Å². The number of benzene rings is 1. The standard InChI is InChI=1S/C14H17F3N2S.2ClH/c1-2-13(19-9-7-18-8-10-19)11-3-5-12(6-4-11)20-14(15,16)17;;/h2-6,13,18H,1,7-10H2;2*1H/t13-;;/m0../s1. The number of halogens is 5. The topological polar surface area (TPSA) is 15.3 Å². The van der Waals surface area contributed by atoms with Gasteiger partial charge in [0, 0.05) is 31.1 Å². The summed E-state index contributed by atoms with van der Waals surface area (Å²) in [5.41, 5.74) is -3.26. The van der Waals surface area contributed by atoms with Crippen LogP contribution in [0.25, 0.3) is 0 Å². The lowest BCUT2D eigenvalue weighted by Gasteiger charge is -2.33. The van der Waals surface area contributed by atoms with Gasteiger partial charge in [0.1, 0.15) is 0 Å². The summed E-state index contributed by atoms with van der Waals surface area (Å²) < 4.78 is 36.9. The van der Waals surface area contributed by atoms with Crippen molar-refractivity contribution >= 4 is 36.6 Å². The second kappa shape index (κ2) is 9.67. The normalized spacial score (nSPS) is 17.0. The fraction of sp³-hybridized carbons (Fsp3) is 0.429. The van der Waals surface area contributed by atoms with Crippen LogP contribution in [0.5, 0.6) is 0 Å². The summed E-state index contributed by atoms with van der Waals surface area (Å²) >= 11 is -0.0851. The van der Waals surface area contributed by atoms with Gasteiger partial charge in [0.05, 0.1) is 6.04 Å². The molecular weight excluding hydrogens is 356 g/mol. The van der Waals surface area contributed by atoms with Crippen molar-refractivity contribution < 1.29 is 13.2 Å². The summed E-state index contributed by atoms with van der Waals surface area (Å²) in [5.74, 6) is 0. The summed E-state index contributed by atoms with van der Waals surface area (Å²) in [5, 5.41) is 3.28. The van der Waals surface area contributed by atoms with E-state index in [0.29, 0.717) is 0 Å². The van der Waals surface area contributed by atoms with Crippen molar-refractivity contribution in [3.63, 3.8) is 0 Å². The molecule has 0 amide bonds. The maximum atomic E-state index is 12.3. The van der Waals surface area contributed by atoms with Gasteiger partial charge >= 0.3 is 5.51 Å². The molecule has 1 N–H and O–H groups in total. The highest BCUT2D eigenvalue weighted by Gasteiger charge is 2.29. The van der Waals surface area contributed by atoms with Crippen LogP contribution in [0.2, 0.25) is 0 Å². The zero-order valence-electron chi connectivity index (χ0n) is 11.8. The predicted octanol–water partition coefficient (Wildman–Crippen LogP) is 4.27. The fourth-order valence-corrected chi connectivity index (χ4v) is 2.86. The highest BCUT2D eigenvalue weighted by molar-refractivity contribution is 8.00. The number of hydrogen-bond acceptors (Lipinski definition) is 3. The van der Waals surface area contributed by atoms with Gasteiger partial charge in [-0.25, -0.2) is 0 Å². The van der Waals surface area contributed by atoms with Crippen molar-refractivity contribution in [3.8, 4) is 0 Å². The second-order valence-corrected chi connectivity index (χ2v) is 5.72. The van der Waals surface area contributed by atoms with E-state index < -0.39 is 5.51 Å². The minimum atomic E-state index is -4.24.